The maximum absolute atomic E-state index is 12.5. The molecule has 122 valence electrons. The number of likely N-dealkylation sites (N-methyl/N-ethyl adjacent to an activating group) is 1. The molecule has 1 aromatic carbocycles. The van der Waals surface area contributed by atoms with E-state index in [-0.39, 0.29) is 12.5 Å². The third kappa shape index (κ3) is 5.07. The summed E-state index contributed by atoms with van der Waals surface area (Å²) < 4.78 is 5.60. The van der Waals surface area contributed by atoms with Gasteiger partial charge in [-0.15, -0.1) is 0 Å². The Kier molecular flexibility index (Phi) is 5.34. The lowest BCUT2D eigenvalue weighted by Gasteiger charge is -2.28. The van der Waals surface area contributed by atoms with Crippen LogP contribution in [0.25, 0.3) is 0 Å². The van der Waals surface area contributed by atoms with Gasteiger partial charge < -0.3 is 14.7 Å². The molecule has 5 nitrogen and oxygen atoms in total. The Morgan fingerprint density at radius 3 is 2.43 bits per heavy atom. The summed E-state index contributed by atoms with van der Waals surface area (Å²) in [7, 11) is 0. The lowest BCUT2D eigenvalue weighted by Crippen LogP contribution is -2.42. The van der Waals surface area contributed by atoms with E-state index in [2.05, 4.69) is 4.98 Å². The second-order valence-corrected chi connectivity index (χ2v) is 5.93. The smallest absolute Gasteiger partial charge is 0.255 e. The first kappa shape index (κ1) is 17.0. The van der Waals surface area contributed by atoms with Crippen molar-refractivity contribution in [1.82, 2.24) is 9.88 Å². The molecule has 0 aliphatic rings. The molecule has 1 aromatic heterocycles. The second kappa shape index (κ2) is 7.24. The van der Waals surface area contributed by atoms with Crippen LogP contribution in [0, 0.1) is 0 Å². The zero-order valence-corrected chi connectivity index (χ0v) is 13.7. The number of para-hydroxylation sites is 1. The number of nitrogens with zero attached hydrogens (tertiary/aromatic N) is 2. The van der Waals surface area contributed by atoms with Crippen molar-refractivity contribution >= 4 is 5.91 Å². The quantitative estimate of drug-likeness (QED) is 0.890. The van der Waals surface area contributed by atoms with E-state index >= 15 is 0 Å². The van der Waals surface area contributed by atoms with Crippen molar-refractivity contribution < 1.29 is 14.6 Å². The predicted octanol–water partition coefficient (Wildman–Crippen LogP) is 3.11. The molecule has 1 N–H and O–H groups in total. The molecule has 0 aliphatic carbocycles. The van der Waals surface area contributed by atoms with Crippen molar-refractivity contribution in [2.24, 2.45) is 0 Å². The Bertz CT molecular complexity index is 634. The van der Waals surface area contributed by atoms with Gasteiger partial charge in [-0.25, -0.2) is 4.98 Å². The van der Waals surface area contributed by atoms with Crippen LogP contribution in [-0.4, -0.2) is 39.6 Å². The molecule has 0 radical (unpaired) electrons. The van der Waals surface area contributed by atoms with Crippen molar-refractivity contribution in [2.75, 3.05) is 13.1 Å². The molecular formula is C18H22N2O3. The fourth-order valence-corrected chi connectivity index (χ4v) is 2.15. The van der Waals surface area contributed by atoms with Gasteiger partial charge in [0.1, 0.15) is 5.75 Å². The van der Waals surface area contributed by atoms with Crippen LogP contribution in [0.15, 0.2) is 48.7 Å². The zero-order valence-electron chi connectivity index (χ0n) is 13.7. The number of aliphatic hydroxyl groups is 1. The Labute approximate surface area is 136 Å². The molecule has 0 aliphatic heterocycles. The highest BCUT2D eigenvalue weighted by Gasteiger charge is 2.22. The largest absolute Gasteiger partial charge is 0.439 e. The average Bonchev–Trinajstić information content (AvgIpc) is 2.53. The van der Waals surface area contributed by atoms with Crippen LogP contribution < -0.4 is 4.74 Å². The van der Waals surface area contributed by atoms with Crippen LogP contribution in [0.3, 0.4) is 0 Å². The molecule has 1 heterocycles. The molecule has 0 spiro atoms. The lowest BCUT2D eigenvalue weighted by atomic mass is 10.1. The van der Waals surface area contributed by atoms with Crippen LogP contribution >= 0.6 is 0 Å². The molecule has 23 heavy (non-hydrogen) atoms. The summed E-state index contributed by atoms with van der Waals surface area (Å²) in [6.45, 7) is 6.02. The van der Waals surface area contributed by atoms with E-state index in [4.69, 9.17) is 4.74 Å². The van der Waals surface area contributed by atoms with Crippen molar-refractivity contribution in [3.63, 3.8) is 0 Å². The summed E-state index contributed by atoms with van der Waals surface area (Å²) >= 11 is 0. The number of carbonyl (C=O) groups excluding carboxylic acids is 1. The minimum absolute atomic E-state index is 0.159. The van der Waals surface area contributed by atoms with Gasteiger partial charge in [0.25, 0.3) is 5.91 Å². The summed E-state index contributed by atoms with van der Waals surface area (Å²) in [6.07, 6.45) is 1.49. The maximum atomic E-state index is 12.5. The number of ether oxygens (including phenoxy) is 1. The summed E-state index contributed by atoms with van der Waals surface area (Å²) in [5.74, 6) is 0.961. The molecule has 0 saturated carbocycles. The lowest BCUT2D eigenvalue weighted by molar-refractivity contribution is 0.0314. The Morgan fingerprint density at radius 1 is 1.22 bits per heavy atom. The molecule has 0 atom stereocenters. The van der Waals surface area contributed by atoms with Gasteiger partial charge in [-0.3, -0.25) is 4.79 Å². The first-order chi connectivity index (χ1) is 10.9. The second-order valence-electron chi connectivity index (χ2n) is 5.93. The highest BCUT2D eigenvalue weighted by molar-refractivity contribution is 5.94. The number of hydrogen-bond acceptors (Lipinski definition) is 4. The average molecular weight is 314 g/mol. The van der Waals surface area contributed by atoms with Crippen molar-refractivity contribution in [2.45, 2.75) is 26.4 Å². The van der Waals surface area contributed by atoms with Crippen LogP contribution in [0.1, 0.15) is 31.1 Å². The Hall–Kier alpha value is -2.40. The fourth-order valence-electron chi connectivity index (χ4n) is 2.15. The summed E-state index contributed by atoms with van der Waals surface area (Å²) in [6, 6.07) is 12.7. The van der Waals surface area contributed by atoms with E-state index in [9.17, 15) is 9.90 Å². The standard InChI is InChI=1S/C18H22N2O3/c1-4-20(13-18(2,3)22)17(21)14-10-11-16(19-12-14)23-15-8-6-5-7-9-15/h5-12,22H,4,13H2,1-3H3. The number of carbonyl (C=O) groups is 1. The normalized spacial score (nSPS) is 11.1. The molecule has 0 fully saturated rings. The van der Waals surface area contributed by atoms with Gasteiger partial charge in [-0.05, 0) is 39.0 Å². The summed E-state index contributed by atoms with van der Waals surface area (Å²) in [5.41, 5.74) is -0.466. The number of hydrogen-bond donors (Lipinski definition) is 1. The van der Waals surface area contributed by atoms with E-state index in [1.807, 2.05) is 37.3 Å². The van der Waals surface area contributed by atoms with E-state index < -0.39 is 5.60 Å². The number of pyridine rings is 1. The molecule has 0 unspecified atom stereocenters. The monoisotopic (exact) mass is 314 g/mol. The van der Waals surface area contributed by atoms with Gasteiger partial charge in [0.05, 0.1) is 11.2 Å². The van der Waals surface area contributed by atoms with Crippen molar-refractivity contribution in [3.8, 4) is 11.6 Å². The molecule has 2 rings (SSSR count). The van der Waals surface area contributed by atoms with Crippen LogP contribution in [-0.2, 0) is 0 Å². The predicted molar refractivity (Wildman–Crippen MR) is 88.6 cm³/mol. The summed E-state index contributed by atoms with van der Waals surface area (Å²) in [5, 5.41) is 9.89. The van der Waals surface area contributed by atoms with Crippen LogP contribution in [0.2, 0.25) is 0 Å². The van der Waals surface area contributed by atoms with Gasteiger partial charge in [-0.2, -0.15) is 0 Å². The van der Waals surface area contributed by atoms with Gasteiger partial charge in [-0.1, -0.05) is 18.2 Å². The highest BCUT2D eigenvalue weighted by atomic mass is 16.5. The van der Waals surface area contributed by atoms with Crippen LogP contribution in [0.5, 0.6) is 11.6 Å². The number of benzene rings is 1. The third-order valence-electron chi connectivity index (χ3n) is 3.20. The number of rotatable bonds is 6. The first-order valence-electron chi connectivity index (χ1n) is 7.59. The molecular weight excluding hydrogens is 292 g/mol. The number of aromatic nitrogens is 1. The molecule has 1 amide bonds. The zero-order chi connectivity index (χ0) is 16.9. The van der Waals surface area contributed by atoms with Gasteiger partial charge >= 0.3 is 0 Å². The third-order valence-corrected chi connectivity index (χ3v) is 3.20. The van der Waals surface area contributed by atoms with Gasteiger partial charge in [0.15, 0.2) is 0 Å². The molecule has 0 bridgehead atoms. The first-order valence-corrected chi connectivity index (χ1v) is 7.59. The fraction of sp³-hybridized carbons (Fsp3) is 0.333. The minimum atomic E-state index is -0.935. The SMILES string of the molecule is CCN(CC(C)(C)O)C(=O)c1ccc(Oc2ccccc2)nc1. The molecule has 0 saturated heterocycles. The van der Waals surface area contributed by atoms with E-state index in [0.29, 0.717) is 23.7 Å². The summed E-state index contributed by atoms with van der Waals surface area (Å²) in [4.78, 5) is 18.2. The van der Waals surface area contributed by atoms with Crippen LogP contribution in [0.4, 0.5) is 0 Å². The van der Waals surface area contributed by atoms with E-state index in [1.54, 1.807) is 30.9 Å². The van der Waals surface area contributed by atoms with Gasteiger partial charge in [0, 0.05) is 25.4 Å². The highest BCUT2D eigenvalue weighted by Crippen LogP contribution is 2.19. The van der Waals surface area contributed by atoms with Crippen molar-refractivity contribution in [3.05, 3.63) is 54.2 Å². The molecule has 5 heteroatoms. The molecule has 2 aromatic rings. The Balaban J connectivity index is 2.07. The van der Waals surface area contributed by atoms with Crippen molar-refractivity contribution in [1.29, 1.82) is 0 Å². The Morgan fingerprint density at radius 2 is 1.91 bits per heavy atom. The topological polar surface area (TPSA) is 62.7 Å². The van der Waals surface area contributed by atoms with E-state index in [0.717, 1.165) is 0 Å². The van der Waals surface area contributed by atoms with Gasteiger partial charge in [0.2, 0.25) is 5.88 Å². The minimum Gasteiger partial charge on any atom is -0.439 e. The van der Waals surface area contributed by atoms with E-state index in [1.165, 1.54) is 6.20 Å². The number of amides is 1. The maximum Gasteiger partial charge on any atom is 0.255 e.